The molecule has 1 aromatic rings. The number of aryl methyl sites for hydroxylation is 2. The summed E-state index contributed by atoms with van der Waals surface area (Å²) in [6.07, 6.45) is 4.34. The number of aliphatic hydroxyl groups is 1. The Morgan fingerprint density at radius 3 is 2.57 bits per heavy atom. The van der Waals surface area contributed by atoms with Crippen molar-refractivity contribution in [2.24, 2.45) is 13.0 Å². The van der Waals surface area contributed by atoms with E-state index in [1.54, 1.807) is 17.8 Å². The van der Waals surface area contributed by atoms with Gasteiger partial charge in [0.2, 0.25) is 5.91 Å². The molecule has 21 heavy (non-hydrogen) atoms. The quantitative estimate of drug-likeness (QED) is 0.759. The zero-order valence-corrected chi connectivity index (χ0v) is 13.8. The maximum Gasteiger partial charge on any atom is 0.244 e. The summed E-state index contributed by atoms with van der Waals surface area (Å²) in [5.41, 5.74) is 1.50. The number of hydrogen-bond donors (Lipinski definition) is 2. The third-order valence-corrected chi connectivity index (χ3v) is 4.12. The van der Waals surface area contributed by atoms with Crippen molar-refractivity contribution < 1.29 is 9.90 Å². The predicted molar refractivity (Wildman–Crippen MR) is 85.1 cm³/mol. The Morgan fingerprint density at radius 2 is 2.10 bits per heavy atom. The Morgan fingerprint density at radius 1 is 1.48 bits per heavy atom. The Hall–Kier alpha value is -1.33. The van der Waals surface area contributed by atoms with E-state index in [1.807, 2.05) is 20.8 Å². The fourth-order valence-corrected chi connectivity index (χ4v) is 2.50. The molecule has 0 aliphatic rings. The van der Waals surface area contributed by atoms with Gasteiger partial charge in [-0.15, -0.1) is 0 Å². The number of nitrogens with zero attached hydrogens (tertiary/aromatic N) is 2. The van der Waals surface area contributed by atoms with Crippen molar-refractivity contribution in [1.82, 2.24) is 15.1 Å². The van der Waals surface area contributed by atoms with Crippen molar-refractivity contribution in [3.8, 4) is 0 Å². The summed E-state index contributed by atoms with van der Waals surface area (Å²) < 4.78 is 1.56. The number of carbonyl (C=O) groups excluding carboxylic acids is 1. The second-order valence-electron chi connectivity index (χ2n) is 5.14. The van der Waals surface area contributed by atoms with E-state index in [0.717, 1.165) is 24.1 Å². The maximum atomic E-state index is 11.8. The monoisotopic (exact) mass is 313 g/mol. The minimum absolute atomic E-state index is 0.212. The minimum atomic E-state index is -0.513. The van der Waals surface area contributed by atoms with Crippen LogP contribution in [-0.4, -0.2) is 33.4 Å². The van der Waals surface area contributed by atoms with Crippen LogP contribution in [-0.2, 0) is 11.8 Å². The molecule has 0 aromatic carbocycles. The summed E-state index contributed by atoms with van der Waals surface area (Å²) in [6.45, 7) is 6.16. The van der Waals surface area contributed by atoms with Crippen LogP contribution in [0.25, 0.3) is 6.08 Å². The van der Waals surface area contributed by atoms with Crippen LogP contribution in [0.4, 0.5) is 0 Å². The summed E-state index contributed by atoms with van der Waals surface area (Å²) in [5, 5.41) is 17.3. The number of nitrogens with one attached hydrogen (secondary N) is 1. The largest absolute Gasteiger partial charge is 0.391 e. The Labute approximate surface area is 131 Å². The van der Waals surface area contributed by atoms with Crippen molar-refractivity contribution in [2.45, 2.75) is 39.7 Å². The van der Waals surface area contributed by atoms with Crippen molar-refractivity contribution in [3.05, 3.63) is 22.5 Å². The second-order valence-corrected chi connectivity index (χ2v) is 5.49. The van der Waals surface area contributed by atoms with Crippen LogP contribution in [0, 0.1) is 12.8 Å². The van der Waals surface area contributed by atoms with Gasteiger partial charge in [-0.3, -0.25) is 9.48 Å². The summed E-state index contributed by atoms with van der Waals surface area (Å²) in [6, 6.07) is 0. The first-order valence-corrected chi connectivity index (χ1v) is 7.61. The molecule has 1 heterocycles. The van der Waals surface area contributed by atoms with E-state index in [2.05, 4.69) is 10.4 Å². The van der Waals surface area contributed by atoms with Gasteiger partial charge in [0.1, 0.15) is 5.15 Å². The highest BCUT2D eigenvalue weighted by Crippen LogP contribution is 2.19. The lowest BCUT2D eigenvalue weighted by Crippen LogP contribution is -2.35. The highest BCUT2D eigenvalue weighted by Gasteiger charge is 2.15. The van der Waals surface area contributed by atoms with Crippen LogP contribution in [0.2, 0.25) is 5.15 Å². The third-order valence-electron chi connectivity index (χ3n) is 3.68. The highest BCUT2D eigenvalue weighted by molar-refractivity contribution is 6.31. The molecule has 2 N–H and O–H groups in total. The molecule has 1 aromatic heterocycles. The van der Waals surface area contributed by atoms with E-state index in [0.29, 0.717) is 5.15 Å². The second kappa shape index (κ2) is 8.20. The van der Waals surface area contributed by atoms with E-state index in [1.165, 1.54) is 6.08 Å². The molecule has 118 valence electrons. The van der Waals surface area contributed by atoms with Gasteiger partial charge in [-0.05, 0) is 18.9 Å². The van der Waals surface area contributed by atoms with Gasteiger partial charge < -0.3 is 10.4 Å². The lowest BCUT2D eigenvalue weighted by atomic mass is 9.96. The molecule has 0 saturated carbocycles. The standard InChI is InChI=1S/C15H24ClN3O2/c1-5-11(6-2)13(20)9-17-14(21)8-7-12-10(3)18-19(4)15(12)16/h7-8,11,13,20H,5-6,9H2,1-4H3,(H,17,21)/b8-7+. The van der Waals surface area contributed by atoms with E-state index in [4.69, 9.17) is 11.6 Å². The van der Waals surface area contributed by atoms with Gasteiger partial charge in [-0.2, -0.15) is 5.10 Å². The summed E-state index contributed by atoms with van der Waals surface area (Å²) in [7, 11) is 1.75. The molecular formula is C15H24ClN3O2. The Balaban J connectivity index is 2.56. The zero-order valence-electron chi connectivity index (χ0n) is 13.1. The summed E-state index contributed by atoms with van der Waals surface area (Å²) in [4.78, 5) is 11.8. The average molecular weight is 314 g/mol. The smallest absolute Gasteiger partial charge is 0.244 e. The number of amides is 1. The first kappa shape index (κ1) is 17.7. The van der Waals surface area contributed by atoms with Crippen molar-refractivity contribution >= 4 is 23.6 Å². The van der Waals surface area contributed by atoms with Crippen LogP contribution >= 0.6 is 11.6 Å². The minimum Gasteiger partial charge on any atom is -0.391 e. The van der Waals surface area contributed by atoms with E-state index >= 15 is 0 Å². The number of aliphatic hydroxyl groups excluding tert-OH is 1. The summed E-state index contributed by atoms with van der Waals surface area (Å²) >= 11 is 6.08. The average Bonchev–Trinajstić information content (AvgIpc) is 2.69. The molecular weight excluding hydrogens is 290 g/mol. The van der Waals surface area contributed by atoms with Gasteiger partial charge in [-0.1, -0.05) is 38.3 Å². The van der Waals surface area contributed by atoms with Gasteiger partial charge in [0, 0.05) is 25.2 Å². The SMILES string of the molecule is CCC(CC)C(O)CNC(=O)/C=C/c1c(C)nn(C)c1Cl. The zero-order chi connectivity index (χ0) is 16.0. The molecule has 6 heteroatoms. The Bertz CT molecular complexity index is 507. The predicted octanol–water partition coefficient (Wildman–Crippen LogP) is 2.31. The van der Waals surface area contributed by atoms with Gasteiger partial charge in [0.05, 0.1) is 11.8 Å². The number of aromatic nitrogens is 2. The van der Waals surface area contributed by atoms with Crippen LogP contribution in [0.5, 0.6) is 0 Å². The number of hydrogen-bond acceptors (Lipinski definition) is 3. The molecule has 0 aliphatic carbocycles. The molecule has 0 fully saturated rings. The topological polar surface area (TPSA) is 67.2 Å². The lowest BCUT2D eigenvalue weighted by molar-refractivity contribution is -0.117. The molecule has 0 radical (unpaired) electrons. The van der Waals surface area contributed by atoms with Crippen molar-refractivity contribution in [3.63, 3.8) is 0 Å². The van der Waals surface area contributed by atoms with Crippen molar-refractivity contribution in [2.75, 3.05) is 6.54 Å². The number of carbonyl (C=O) groups is 1. The number of halogens is 1. The molecule has 1 amide bonds. The molecule has 1 rings (SSSR count). The van der Waals surface area contributed by atoms with Gasteiger partial charge in [0.15, 0.2) is 0 Å². The fourth-order valence-electron chi connectivity index (χ4n) is 2.26. The van der Waals surface area contributed by atoms with Crippen LogP contribution in [0.1, 0.15) is 37.9 Å². The van der Waals surface area contributed by atoms with Crippen LogP contribution in [0.3, 0.4) is 0 Å². The maximum absolute atomic E-state index is 11.8. The highest BCUT2D eigenvalue weighted by atomic mass is 35.5. The molecule has 0 aliphatic heterocycles. The Kier molecular flexibility index (Phi) is 6.92. The molecule has 0 saturated heterocycles. The lowest BCUT2D eigenvalue weighted by Gasteiger charge is -2.19. The first-order valence-electron chi connectivity index (χ1n) is 7.23. The van der Waals surface area contributed by atoms with E-state index < -0.39 is 6.10 Å². The molecule has 0 spiro atoms. The van der Waals surface area contributed by atoms with E-state index in [-0.39, 0.29) is 18.4 Å². The molecule has 5 nitrogen and oxygen atoms in total. The third kappa shape index (κ3) is 4.86. The fraction of sp³-hybridized carbons (Fsp3) is 0.600. The molecule has 1 atom stereocenters. The molecule has 1 unspecified atom stereocenters. The van der Waals surface area contributed by atoms with Crippen molar-refractivity contribution in [1.29, 1.82) is 0 Å². The normalized spacial score (nSPS) is 13.1. The molecule has 0 bridgehead atoms. The number of rotatable bonds is 7. The summed E-state index contributed by atoms with van der Waals surface area (Å²) in [5.74, 6) is -0.0383. The van der Waals surface area contributed by atoms with Gasteiger partial charge in [-0.25, -0.2) is 0 Å². The van der Waals surface area contributed by atoms with Crippen LogP contribution in [0.15, 0.2) is 6.08 Å². The first-order chi connectivity index (χ1) is 9.90. The van der Waals surface area contributed by atoms with Gasteiger partial charge in [0.25, 0.3) is 0 Å². The van der Waals surface area contributed by atoms with E-state index in [9.17, 15) is 9.90 Å². The van der Waals surface area contributed by atoms with Crippen LogP contribution < -0.4 is 5.32 Å². The van der Waals surface area contributed by atoms with Gasteiger partial charge >= 0.3 is 0 Å².